The number of rotatable bonds is 10. The van der Waals surface area contributed by atoms with Gasteiger partial charge in [-0.05, 0) is 42.3 Å². The van der Waals surface area contributed by atoms with E-state index >= 15 is 0 Å². The highest BCUT2D eigenvalue weighted by molar-refractivity contribution is 5.80. The van der Waals surface area contributed by atoms with Crippen LogP contribution >= 0.6 is 0 Å². The molecule has 2 aromatic rings. The molecule has 32 heavy (non-hydrogen) atoms. The van der Waals surface area contributed by atoms with Crippen molar-refractivity contribution < 1.29 is 19.1 Å². The lowest BCUT2D eigenvalue weighted by Gasteiger charge is -2.19. The van der Waals surface area contributed by atoms with E-state index in [1.807, 2.05) is 43.4 Å². The molecule has 1 aliphatic rings. The number of nitrogens with zero attached hydrogens (tertiary/aromatic N) is 1. The van der Waals surface area contributed by atoms with Crippen LogP contribution in [-0.2, 0) is 27.3 Å². The van der Waals surface area contributed by atoms with Crippen molar-refractivity contribution in [1.82, 2.24) is 15.5 Å². The van der Waals surface area contributed by atoms with Crippen molar-refractivity contribution in [2.45, 2.75) is 18.9 Å². The first-order valence-electron chi connectivity index (χ1n) is 10.9. The Kier molecular flexibility index (Phi) is 8.64. The van der Waals surface area contributed by atoms with Crippen LogP contribution in [0.4, 0.5) is 0 Å². The van der Waals surface area contributed by atoms with Gasteiger partial charge in [0.1, 0.15) is 12.4 Å². The van der Waals surface area contributed by atoms with E-state index in [0.717, 1.165) is 42.0 Å². The van der Waals surface area contributed by atoms with Crippen molar-refractivity contribution in [3.63, 3.8) is 0 Å². The molecule has 172 valence electrons. The van der Waals surface area contributed by atoms with Gasteiger partial charge in [0.05, 0.1) is 13.0 Å². The molecule has 1 fully saturated rings. The summed E-state index contributed by atoms with van der Waals surface area (Å²) in [5, 5.41) is 5.97. The third-order valence-electron chi connectivity index (χ3n) is 5.86. The first-order valence-corrected chi connectivity index (χ1v) is 10.9. The second kappa shape index (κ2) is 11.6. The Morgan fingerprint density at radius 2 is 1.81 bits per heavy atom. The lowest BCUT2D eigenvalue weighted by atomic mass is 9.87. The molecular weight excluding hydrogens is 406 g/mol. The van der Waals surface area contributed by atoms with Gasteiger partial charge >= 0.3 is 0 Å². The summed E-state index contributed by atoms with van der Waals surface area (Å²) in [6.07, 6.45) is 0.777. The van der Waals surface area contributed by atoms with Crippen LogP contribution in [0, 0.1) is 5.92 Å². The predicted octanol–water partition coefficient (Wildman–Crippen LogP) is 1.96. The number of likely N-dealkylation sites (N-methyl/N-ethyl adjacent to an activating group) is 1. The minimum absolute atomic E-state index is 0.0475. The monoisotopic (exact) mass is 439 g/mol. The molecule has 0 radical (unpaired) electrons. The van der Waals surface area contributed by atoms with E-state index in [1.54, 1.807) is 7.11 Å². The Hall–Kier alpha value is -2.90. The fourth-order valence-electron chi connectivity index (χ4n) is 4.17. The molecular formula is C25H33N3O4. The Bertz CT molecular complexity index is 900. The number of ether oxygens (including phenoxy) is 2. The molecule has 2 amide bonds. The van der Waals surface area contributed by atoms with Crippen molar-refractivity contribution >= 4 is 11.8 Å². The van der Waals surface area contributed by atoms with E-state index in [0.29, 0.717) is 13.1 Å². The maximum absolute atomic E-state index is 13.0. The summed E-state index contributed by atoms with van der Waals surface area (Å²) in [5.74, 6) is 0.791. The number of methoxy groups -OCH3 is 2. The van der Waals surface area contributed by atoms with Crippen LogP contribution < -0.4 is 15.4 Å². The average Bonchev–Trinajstić information content (AvgIpc) is 3.20. The number of amides is 2. The van der Waals surface area contributed by atoms with Crippen molar-refractivity contribution in [3.8, 4) is 5.75 Å². The third-order valence-corrected chi connectivity index (χ3v) is 5.86. The first kappa shape index (κ1) is 23.8. The number of carbonyl (C=O) groups is 2. The van der Waals surface area contributed by atoms with Crippen LogP contribution in [0.5, 0.6) is 5.75 Å². The second-order valence-electron chi connectivity index (χ2n) is 8.28. The number of carbonyl (C=O) groups excluding carboxylic acids is 2. The Morgan fingerprint density at radius 3 is 2.53 bits per heavy atom. The standard InChI is InChI=1S/C25H33N3O4/c1-28-15-22(20-6-4-5-19(13-20)14-27-24(29)17-31-2)23(16-28)25(30)26-12-11-18-7-9-21(32-3)10-8-18/h4-10,13,22-23H,11-12,14-17H2,1-3H3,(H,26,30)(H,27,29)/t22-,23+/m0/s1. The largest absolute Gasteiger partial charge is 0.497 e. The fraction of sp³-hybridized carbons (Fsp3) is 0.440. The van der Waals surface area contributed by atoms with Gasteiger partial charge in [-0.1, -0.05) is 36.4 Å². The molecule has 3 rings (SSSR count). The van der Waals surface area contributed by atoms with Gasteiger partial charge in [-0.25, -0.2) is 0 Å². The van der Waals surface area contributed by atoms with Gasteiger partial charge in [0.15, 0.2) is 0 Å². The molecule has 0 bridgehead atoms. The average molecular weight is 440 g/mol. The zero-order chi connectivity index (χ0) is 22.9. The van der Waals surface area contributed by atoms with Crippen LogP contribution in [0.1, 0.15) is 22.6 Å². The summed E-state index contributed by atoms with van der Waals surface area (Å²) < 4.78 is 10.0. The first-order chi connectivity index (χ1) is 15.5. The number of likely N-dealkylation sites (tertiary alicyclic amines) is 1. The van der Waals surface area contributed by atoms with Crippen molar-refractivity contribution in [1.29, 1.82) is 0 Å². The Balaban J connectivity index is 1.58. The molecule has 0 spiro atoms. The van der Waals surface area contributed by atoms with Crippen molar-refractivity contribution in [2.75, 3.05) is 47.5 Å². The van der Waals surface area contributed by atoms with Gasteiger partial charge in [0.25, 0.3) is 0 Å². The molecule has 0 unspecified atom stereocenters. The maximum atomic E-state index is 13.0. The maximum Gasteiger partial charge on any atom is 0.246 e. The summed E-state index contributed by atoms with van der Waals surface area (Å²) in [6, 6.07) is 16.1. The van der Waals surface area contributed by atoms with Gasteiger partial charge in [-0.2, -0.15) is 0 Å². The molecule has 1 aliphatic heterocycles. The van der Waals surface area contributed by atoms with Gasteiger partial charge < -0.3 is 25.0 Å². The summed E-state index contributed by atoms with van der Waals surface area (Å²) in [5.41, 5.74) is 3.30. The highest BCUT2D eigenvalue weighted by Gasteiger charge is 2.36. The molecule has 0 saturated carbocycles. The fourth-order valence-corrected chi connectivity index (χ4v) is 4.17. The number of benzene rings is 2. The molecule has 1 heterocycles. The van der Waals surface area contributed by atoms with Gasteiger partial charge in [0.2, 0.25) is 11.8 Å². The van der Waals surface area contributed by atoms with E-state index in [2.05, 4.69) is 27.7 Å². The van der Waals surface area contributed by atoms with Crippen LogP contribution in [0.15, 0.2) is 48.5 Å². The van der Waals surface area contributed by atoms with Crippen LogP contribution in [0.2, 0.25) is 0 Å². The van der Waals surface area contributed by atoms with E-state index in [1.165, 1.54) is 7.11 Å². The summed E-state index contributed by atoms with van der Waals surface area (Å²) >= 11 is 0. The Labute approximate surface area is 190 Å². The topological polar surface area (TPSA) is 79.9 Å². The Morgan fingerprint density at radius 1 is 1.03 bits per heavy atom. The van der Waals surface area contributed by atoms with Crippen molar-refractivity contribution in [2.24, 2.45) is 5.92 Å². The number of hydrogen-bond acceptors (Lipinski definition) is 5. The summed E-state index contributed by atoms with van der Waals surface area (Å²) in [7, 11) is 5.20. The molecule has 2 N–H and O–H groups in total. The minimum atomic E-state index is -0.146. The molecule has 2 atom stereocenters. The molecule has 1 saturated heterocycles. The predicted molar refractivity (Wildman–Crippen MR) is 124 cm³/mol. The van der Waals surface area contributed by atoms with Crippen LogP contribution in [-0.4, -0.2) is 64.2 Å². The lowest BCUT2D eigenvalue weighted by Crippen LogP contribution is -2.35. The van der Waals surface area contributed by atoms with Crippen LogP contribution in [0.25, 0.3) is 0 Å². The van der Waals surface area contributed by atoms with Gasteiger partial charge in [-0.3, -0.25) is 9.59 Å². The molecule has 0 aliphatic carbocycles. The second-order valence-corrected chi connectivity index (χ2v) is 8.28. The third kappa shape index (κ3) is 6.55. The van der Waals surface area contributed by atoms with Gasteiger partial charge in [-0.15, -0.1) is 0 Å². The molecule has 2 aromatic carbocycles. The lowest BCUT2D eigenvalue weighted by molar-refractivity contribution is -0.125. The zero-order valence-electron chi connectivity index (χ0n) is 19.1. The van der Waals surface area contributed by atoms with E-state index in [4.69, 9.17) is 9.47 Å². The molecule has 7 heteroatoms. The minimum Gasteiger partial charge on any atom is -0.497 e. The van der Waals surface area contributed by atoms with E-state index in [-0.39, 0.29) is 30.3 Å². The SMILES string of the molecule is COCC(=O)NCc1cccc([C@@H]2CN(C)C[C@H]2C(=O)NCCc2ccc(OC)cc2)c1. The number of nitrogens with one attached hydrogen (secondary N) is 2. The number of hydrogen-bond donors (Lipinski definition) is 2. The quantitative estimate of drug-likeness (QED) is 0.592. The summed E-state index contributed by atoms with van der Waals surface area (Å²) in [4.78, 5) is 26.9. The normalized spacial score (nSPS) is 18.3. The van der Waals surface area contributed by atoms with Crippen molar-refractivity contribution in [3.05, 3.63) is 65.2 Å². The zero-order valence-corrected chi connectivity index (χ0v) is 19.1. The van der Waals surface area contributed by atoms with E-state index in [9.17, 15) is 9.59 Å². The van der Waals surface area contributed by atoms with Gasteiger partial charge in [0, 0.05) is 39.2 Å². The summed E-state index contributed by atoms with van der Waals surface area (Å²) in [6.45, 7) is 2.65. The molecule has 7 nitrogen and oxygen atoms in total. The van der Waals surface area contributed by atoms with E-state index < -0.39 is 0 Å². The molecule has 0 aromatic heterocycles. The van der Waals surface area contributed by atoms with Crippen LogP contribution in [0.3, 0.4) is 0 Å². The smallest absolute Gasteiger partial charge is 0.246 e. The highest BCUT2D eigenvalue weighted by atomic mass is 16.5. The highest BCUT2D eigenvalue weighted by Crippen LogP contribution is 2.32.